The lowest BCUT2D eigenvalue weighted by Crippen LogP contribution is -2.33. The number of amides is 1. The second kappa shape index (κ2) is 7.04. The van der Waals surface area contributed by atoms with Gasteiger partial charge in [0.25, 0.3) is 11.5 Å². The van der Waals surface area contributed by atoms with E-state index in [4.69, 9.17) is 0 Å². The maximum absolute atomic E-state index is 12.5. The lowest BCUT2D eigenvalue weighted by Gasteiger charge is -2.18. The van der Waals surface area contributed by atoms with Crippen molar-refractivity contribution in [2.24, 2.45) is 0 Å². The number of carbonyl (C=O) groups excluding carboxylic acids is 1. The van der Waals surface area contributed by atoms with Crippen molar-refractivity contribution in [2.45, 2.75) is 39.7 Å². The Morgan fingerprint density at radius 1 is 1.32 bits per heavy atom. The van der Waals surface area contributed by atoms with Gasteiger partial charge in [0.15, 0.2) is 0 Å². The molecular weight excluding hydrogens is 318 g/mol. The number of pyridine rings is 1. The monoisotopic (exact) mass is 343 g/mol. The van der Waals surface area contributed by atoms with Crippen LogP contribution in [0.3, 0.4) is 0 Å². The molecule has 2 heterocycles. The lowest BCUT2D eigenvalue weighted by molar-refractivity contribution is 0.0948. The molecule has 0 fully saturated rings. The summed E-state index contributed by atoms with van der Waals surface area (Å²) >= 11 is 0. The van der Waals surface area contributed by atoms with Crippen molar-refractivity contribution in [3.63, 3.8) is 0 Å². The lowest BCUT2D eigenvalue weighted by atomic mass is 9.95. The third-order valence-electron chi connectivity index (χ3n) is 3.77. The van der Waals surface area contributed by atoms with Crippen LogP contribution in [0, 0.1) is 6.92 Å². The molecule has 7 nitrogen and oxygen atoms in total. The number of aryl methyl sites for hydroxylation is 1. The highest BCUT2D eigenvalue weighted by Gasteiger charge is 2.22. The maximum atomic E-state index is 12.5. The maximum Gasteiger partial charge on any atom is 0.264 e. The molecule has 0 atom stereocenters. The number of nitrogens with one attached hydrogen (secondary N) is 2. The van der Waals surface area contributed by atoms with E-state index in [0.29, 0.717) is 11.5 Å². The average Bonchev–Trinajstić information content (AvgIpc) is 2.51. The van der Waals surface area contributed by atoms with Crippen molar-refractivity contribution >= 4 is 11.7 Å². The van der Waals surface area contributed by atoms with Gasteiger partial charge in [0, 0.05) is 37.8 Å². The Morgan fingerprint density at radius 2 is 2.00 bits per heavy atom. The second-order valence-electron chi connectivity index (χ2n) is 7.19. The van der Waals surface area contributed by atoms with Crippen LogP contribution in [-0.2, 0) is 12.0 Å². The van der Waals surface area contributed by atoms with E-state index in [1.54, 1.807) is 13.1 Å². The zero-order chi connectivity index (χ0) is 18.8. The van der Waals surface area contributed by atoms with Gasteiger partial charge in [-0.3, -0.25) is 9.59 Å². The van der Waals surface area contributed by atoms with E-state index in [-0.39, 0.29) is 17.5 Å². The van der Waals surface area contributed by atoms with Crippen LogP contribution in [-0.4, -0.2) is 35.0 Å². The van der Waals surface area contributed by atoms with Crippen molar-refractivity contribution in [2.75, 3.05) is 19.0 Å². The van der Waals surface area contributed by atoms with Gasteiger partial charge in [-0.2, -0.15) is 0 Å². The first-order chi connectivity index (χ1) is 11.6. The smallest absolute Gasteiger partial charge is 0.264 e. The molecule has 0 saturated heterocycles. The number of aromatic amines is 1. The summed E-state index contributed by atoms with van der Waals surface area (Å²) < 4.78 is 0. The Bertz CT molecular complexity index is 834. The highest BCUT2D eigenvalue weighted by molar-refractivity contribution is 5.94. The number of rotatable bonds is 4. The fourth-order valence-corrected chi connectivity index (χ4v) is 2.44. The number of nitrogens with zero attached hydrogens (tertiary/aromatic N) is 3. The summed E-state index contributed by atoms with van der Waals surface area (Å²) in [6.07, 6.45) is 1.70. The van der Waals surface area contributed by atoms with E-state index in [1.807, 2.05) is 51.9 Å². The van der Waals surface area contributed by atoms with Gasteiger partial charge in [-0.1, -0.05) is 26.8 Å². The molecule has 0 bridgehead atoms. The highest BCUT2D eigenvalue weighted by Crippen LogP contribution is 2.18. The van der Waals surface area contributed by atoms with Crippen LogP contribution in [0.15, 0.2) is 23.1 Å². The van der Waals surface area contributed by atoms with Crippen LogP contribution in [0.1, 0.15) is 48.2 Å². The topological polar surface area (TPSA) is 91.0 Å². The molecule has 134 valence electrons. The van der Waals surface area contributed by atoms with E-state index in [0.717, 1.165) is 11.4 Å². The molecule has 0 spiro atoms. The van der Waals surface area contributed by atoms with Crippen molar-refractivity contribution < 1.29 is 4.79 Å². The SMILES string of the molecule is Cc1nc(C(C)(C)C)[nH]c(=O)c1C(=O)NCc1cccnc1N(C)C. The number of hydrogen-bond donors (Lipinski definition) is 2. The highest BCUT2D eigenvalue weighted by atomic mass is 16.2. The predicted molar refractivity (Wildman–Crippen MR) is 98.0 cm³/mol. The molecule has 25 heavy (non-hydrogen) atoms. The Hall–Kier alpha value is -2.70. The second-order valence-corrected chi connectivity index (χ2v) is 7.19. The first-order valence-electron chi connectivity index (χ1n) is 8.12. The zero-order valence-electron chi connectivity index (χ0n) is 15.6. The summed E-state index contributed by atoms with van der Waals surface area (Å²) in [6.45, 7) is 7.82. The van der Waals surface area contributed by atoms with Crippen molar-refractivity contribution in [3.05, 3.63) is 51.3 Å². The minimum Gasteiger partial charge on any atom is -0.362 e. The quantitative estimate of drug-likeness (QED) is 0.883. The first-order valence-corrected chi connectivity index (χ1v) is 8.12. The minimum absolute atomic E-state index is 0.0447. The molecule has 2 N–H and O–H groups in total. The zero-order valence-corrected chi connectivity index (χ0v) is 15.6. The van der Waals surface area contributed by atoms with Crippen LogP contribution in [0.2, 0.25) is 0 Å². The molecule has 2 aromatic rings. The molecule has 0 aliphatic rings. The molecule has 1 amide bonds. The van der Waals surface area contributed by atoms with E-state index in [9.17, 15) is 9.59 Å². The van der Waals surface area contributed by atoms with Crippen LogP contribution in [0.25, 0.3) is 0 Å². The molecule has 2 aromatic heterocycles. The molecule has 2 rings (SSSR count). The van der Waals surface area contributed by atoms with Crippen molar-refractivity contribution in [3.8, 4) is 0 Å². The van der Waals surface area contributed by atoms with Crippen LogP contribution in [0.4, 0.5) is 5.82 Å². The molecule has 0 aliphatic heterocycles. The summed E-state index contributed by atoms with van der Waals surface area (Å²) in [5, 5.41) is 2.78. The molecule has 0 saturated carbocycles. The van der Waals surface area contributed by atoms with E-state index in [1.165, 1.54) is 0 Å². The fraction of sp³-hybridized carbons (Fsp3) is 0.444. The third-order valence-corrected chi connectivity index (χ3v) is 3.77. The van der Waals surface area contributed by atoms with Gasteiger partial charge in [0.05, 0.1) is 5.69 Å². The third kappa shape index (κ3) is 4.23. The van der Waals surface area contributed by atoms with Crippen molar-refractivity contribution in [1.29, 1.82) is 0 Å². The Kier molecular flexibility index (Phi) is 5.25. The molecule has 0 radical (unpaired) electrons. The fourth-order valence-electron chi connectivity index (χ4n) is 2.44. The van der Waals surface area contributed by atoms with Crippen LogP contribution >= 0.6 is 0 Å². The molecular formula is C18H25N5O2. The summed E-state index contributed by atoms with van der Waals surface area (Å²) in [6, 6.07) is 3.70. The Morgan fingerprint density at radius 3 is 2.56 bits per heavy atom. The van der Waals surface area contributed by atoms with Gasteiger partial charge in [-0.25, -0.2) is 9.97 Å². The van der Waals surface area contributed by atoms with E-state index in [2.05, 4.69) is 20.3 Å². The van der Waals surface area contributed by atoms with E-state index >= 15 is 0 Å². The number of H-pyrrole nitrogens is 1. The van der Waals surface area contributed by atoms with E-state index < -0.39 is 11.5 Å². The van der Waals surface area contributed by atoms with Gasteiger partial charge in [0.2, 0.25) is 0 Å². The largest absolute Gasteiger partial charge is 0.362 e. The standard InChI is InChI=1S/C18H25N5O2/c1-11-13(16(25)22-17(21-11)18(2,3)4)15(24)20-10-12-8-7-9-19-14(12)23(5)6/h7-9H,10H2,1-6H3,(H,20,24)(H,21,22,25). The van der Waals surface area contributed by atoms with Crippen LogP contribution < -0.4 is 15.8 Å². The van der Waals surface area contributed by atoms with Gasteiger partial charge < -0.3 is 15.2 Å². The normalized spacial score (nSPS) is 11.3. The molecule has 7 heteroatoms. The molecule has 0 aromatic carbocycles. The van der Waals surface area contributed by atoms with Crippen molar-refractivity contribution in [1.82, 2.24) is 20.3 Å². The summed E-state index contributed by atoms with van der Waals surface area (Å²) in [5.41, 5.74) is 0.617. The number of carbonyl (C=O) groups is 1. The predicted octanol–water partition coefficient (Wildman–Crippen LogP) is 1.77. The number of hydrogen-bond acceptors (Lipinski definition) is 5. The Balaban J connectivity index is 2.24. The first kappa shape index (κ1) is 18.6. The van der Waals surface area contributed by atoms with Gasteiger partial charge >= 0.3 is 0 Å². The summed E-state index contributed by atoms with van der Waals surface area (Å²) in [4.78, 5) is 38.1. The number of anilines is 1. The average molecular weight is 343 g/mol. The number of aromatic nitrogens is 3. The van der Waals surface area contributed by atoms with Gasteiger partial charge in [0.1, 0.15) is 17.2 Å². The molecule has 0 unspecified atom stereocenters. The summed E-state index contributed by atoms with van der Waals surface area (Å²) in [5.74, 6) is 0.892. The molecule has 0 aliphatic carbocycles. The summed E-state index contributed by atoms with van der Waals surface area (Å²) in [7, 11) is 3.77. The van der Waals surface area contributed by atoms with Crippen LogP contribution in [0.5, 0.6) is 0 Å². The minimum atomic E-state index is -0.444. The Labute approximate surface area is 147 Å². The van der Waals surface area contributed by atoms with Gasteiger partial charge in [-0.05, 0) is 13.0 Å². The van der Waals surface area contributed by atoms with Gasteiger partial charge in [-0.15, -0.1) is 0 Å².